The number of rotatable bonds is 4. The van der Waals surface area contributed by atoms with E-state index in [1.165, 1.54) is 15.3 Å². The van der Waals surface area contributed by atoms with Gasteiger partial charge in [0, 0.05) is 14.8 Å². The first-order valence-electron chi connectivity index (χ1n) is 5.29. The third-order valence-corrected chi connectivity index (χ3v) is 3.86. The summed E-state index contributed by atoms with van der Waals surface area (Å²) in [6.45, 7) is 1.03. The van der Waals surface area contributed by atoms with Gasteiger partial charge >= 0.3 is 0 Å². The molecule has 0 aliphatic carbocycles. The van der Waals surface area contributed by atoms with E-state index >= 15 is 0 Å². The predicted octanol–water partition coefficient (Wildman–Crippen LogP) is 3.83. The number of hydrogen-bond donors (Lipinski definition) is 1. The van der Waals surface area contributed by atoms with Crippen LogP contribution in [0.25, 0.3) is 10.4 Å². The van der Waals surface area contributed by atoms with E-state index in [-0.39, 0.29) is 0 Å². The molecule has 0 fully saturated rings. The lowest BCUT2D eigenvalue weighted by molar-refractivity contribution is 0.799. The molecule has 0 saturated heterocycles. The van der Waals surface area contributed by atoms with Gasteiger partial charge in [-0.05, 0) is 49.8 Å². The van der Waals surface area contributed by atoms with Gasteiger partial charge in [0.2, 0.25) is 0 Å². The first-order valence-corrected chi connectivity index (χ1v) is 6.48. The topological polar surface area (TPSA) is 12.0 Å². The molecule has 1 heterocycles. The van der Waals surface area contributed by atoms with Crippen LogP contribution < -0.4 is 5.32 Å². The van der Waals surface area contributed by atoms with Crippen LogP contribution >= 0.6 is 22.9 Å². The molecule has 0 aliphatic heterocycles. The predicted molar refractivity (Wildman–Crippen MR) is 72.4 cm³/mol. The number of thiophene rings is 1. The van der Waals surface area contributed by atoms with Gasteiger partial charge in [0.25, 0.3) is 0 Å². The standard InChI is InChI=1S/C13H14ClNS/c1-15-9-8-12-6-7-13(16-12)10-2-4-11(14)5-3-10/h2-7,15H,8-9H2,1H3. The van der Waals surface area contributed by atoms with Crippen molar-refractivity contribution < 1.29 is 0 Å². The molecule has 1 aromatic carbocycles. The van der Waals surface area contributed by atoms with E-state index in [0.717, 1.165) is 18.0 Å². The zero-order chi connectivity index (χ0) is 11.4. The fraction of sp³-hybridized carbons (Fsp3) is 0.231. The third kappa shape index (κ3) is 2.85. The highest BCUT2D eigenvalue weighted by molar-refractivity contribution is 7.15. The van der Waals surface area contributed by atoms with Crippen molar-refractivity contribution in [3.05, 3.63) is 46.3 Å². The van der Waals surface area contributed by atoms with Crippen LogP contribution in [0.3, 0.4) is 0 Å². The Morgan fingerprint density at radius 3 is 2.56 bits per heavy atom. The second-order valence-corrected chi connectivity index (χ2v) is 5.23. The van der Waals surface area contributed by atoms with E-state index in [1.807, 2.05) is 30.5 Å². The molecule has 16 heavy (non-hydrogen) atoms. The molecule has 2 rings (SSSR count). The van der Waals surface area contributed by atoms with Gasteiger partial charge in [-0.15, -0.1) is 11.3 Å². The van der Waals surface area contributed by atoms with Gasteiger partial charge in [-0.2, -0.15) is 0 Å². The summed E-state index contributed by atoms with van der Waals surface area (Å²) in [5, 5.41) is 3.95. The molecule has 0 radical (unpaired) electrons. The summed E-state index contributed by atoms with van der Waals surface area (Å²) >= 11 is 7.72. The molecule has 1 N–H and O–H groups in total. The number of benzene rings is 1. The maximum absolute atomic E-state index is 5.87. The number of likely N-dealkylation sites (N-methyl/N-ethyl adjacent to an activating group) is 1. The monoisotopic (exact) mass is 251 g/mol. The van der Waals surface area contributed by atoms with E-state index in [1.54, 1.807) is 0 Å². The van der Waals surface area contributed by atoms with Crippen molar-refractivity contribution in [1.29, 1.82) is 0 Å². The lowest BCUT2D eigenvalue weighted by Gasteiger charge is -1.97. The minimum Gasteiger partial charge on any atom is -0.319 e. The Morgan fingerprint density at radius 1 is 1.12 bits per heavy atom. The molecular formula is C13H14ClNS. The Balaban J connectivity index is 2.15. The molecule has 1 nitrogen and oxygen atoms in total. The van der Waals surface area contributed by atoms with Gasteiger partial charge in [0.05, 0.1) is 0 Å². The molecule has 3 heteroatoms. The van der Waals surface area contributed by atoms with Crippen LogP contribution in [0.5, 0.6) is 0 Å². The molecule has 0 bridgehead atoms. The summed E-state index contributed by atoms with van der Waals surface area (Å²) < 4.78 is 0. The van der Waals surface area contributed by atoms with Crippen molar-refractivity contribution >= 4 is 22.9 Å². The SMILES string of the molecule is CNCCc1ccc(-c2ccc(Cl)cc2)s1. The normalized spacial score (nSPS) is 10.6. The molecule has 84 valence electrons. The lowest BCUT2D eigenvalue weighted by Crippen LogP contribution is -2.09. The highest BCUT2D eigenvalue weighted by Crippen LogP contribution is 2.29. The van der Waals surface area contributed by atoms with Gasteiger partial charge in [0.15, 0.2) is 0 Å². The van der Waals surface area contributed by atoms with Gasteiger partial charge < -0.3 is 5.32 Å². The first-order chi connectivity index (χ1) is 7.79. The first kappa shape index (κ1) is 11.6. The van der Waals surface area contributed by atoms with Gasteiger partial charge in [-0.1, -0.05) is 23.7 Å². The van der Waals surface area contributed by atoms with Crippen LogP contribution in [0, 0.1) is 0 Å². The smallest absolute Gasteiger partial charge is 0.0406 e. The summed E-state index contributed by atoms with van der Waals surface area (Å²) in [6, 6.07) is 12.4. The van der Waals surface area contributed by atoms with Crippen LogP contribution in [0.2, 0.25) is 5.02 Å². The highest BCUT2D eigenvalue weighted by atomic mass is 35.5. The van der Waals surface area contributed by atoms with E-state index in [0.29, 0.717) is 0 Å². The van der Waals surface area contributed by atoms with Crippen LogP contribution in [0.15, 0.2) is 36.4 Å². The summed E-state index contributed by atoms with van der Waals surface area (Å²) in [5.74, 6) is 0. The lowest BCUT2D eigenvalue weighted by atomic mass is 10.2. The molecule has 0 amide bonds. The summed E-state index contributed by atoms with van der Waals surface area (Å²) in [6.07, 6.45) is 1.09. The van der Waals surface area contributed by atoms with Crippen molar-refractivity contribution in [2.75, 3.05) is 13.6 Å². The van der Waals surface area contributed by atoms with E-state index in [2.05, 4.69) is 29.6 Å². The zero-order valence-corrected chi connectivity index (χ0v) is 10.7. The van der Waals surface area contributed by atoms with Crippen molar-refractivity contribution in [1.82, 2.24) is 5.32 Å². The molecule has 0 saturated carbocycles. The van der Waals surface area contributed by atoms with Gasteiger partial charge in [0.1, 0.15) is 0 Å². The maximum atomic E-state index is 5.87. The van der Waals surface area contributed by atoms with Crippen LogP contribution in [-0.4, -0.2) is 13.6 Å². The molecule has 0 unspecified atom stereocenters. The zero-order valence-electron chi connectivity index (χ0n) is 9.16. The van der Waals surface area contributed by atoms with E-state index in [4.69, 9.17) is 11.6 Å². The number of hydrogen-bond acceptors (Lipinski definition) is 2. The average molecular weight is 252 g/mol. The Hall–Kier alpha value is -0.830. The largest absolute Gasteiger partial charge is 0.319 e. The number of nitrogens with one attached hydrogen (secondary N) is 1. The second-order valence-electron chi connectivity index (χ2n) is 3.63. The highest BCUT2D eigenvalue weighted by Gasteiger charge is 2.02. The molecular weight excluding hydrogens is 238 g/mol. The van der Waals surface area contributed by atoms with Crippen LogP contribution in [0.4, 0.5) is 0 Å². The second kappa shape index (κ2) is 5.48. The van der Waals surface area contributed by atoms with Crippen molar-refractivity contribution in [3.8, 4) is 10.4 Å². The fourth-order valence-electron chi connectivity index (χ4n) is 1.53. The fourth-order valence-corrected chi connectivity index (χ4v) is 2.67. The third-order valence-electron chi connectivity index (χ3n) is 2.41. The van der Waals surface area contributed by atoms with Crippen LogP contribution in [-0.2, 0) is 6.42 Å². The van der Waals surface area contributed by atoms with Gasteiger partial charge in [-0.3, -0.25) is 0 Å². The summed E-state index contributed by atoms with van der Waals surface area (Å²) in [5.41, 5.74) is 1.24. The quantitative estimate of drug-likeness (QED) is 0.871. The summed E-state index contributed by atoms with van der Waals surface area (Å²) in [4.78, 5) is 2.72. The Labute approximate surface area is 105 Å². The van der Waals surface area contributed by atoms with Crippen molar-refractivity contribution in [3.63, 3.8) is 0 Å². The molecule has 1 aromatic heterocycles. The number of halogens is 1. The van der Waals surface area contributed by atoms with Crippen molar-refractivity contribution in [2.24, 2.45) is 0 Å². The Morgan fingerprint density at radius 2 is 1.88 bits per heavy atom. The maximum Gasteiger partial charge on any atom is 0.0406 e. The van der Waals surface area contributed by atoms with Crippen LogP contribution in [0.1, 0.15) is 4.88 Å². The van der Waals surface area contributed by atoms with E-state index in [9.17, 15) is 0 Å². The molecule has 0 atom stereocenters. The molecule has 0 spiro atoms. The van der Waals surface area contributed by atoms with Gasteiger partial charge in [-0.25, -0.2) is 0 Å². The Bertz CT molecular complexity index is 447. The minimum absolute atomic E-state index is 0.788. The average Bonchev–Trinajstić information content (AvgIpc) is 2.76. The minimum atomic E-state index is 0.788. The molecule has 0 aliphatic rings. The van der Waals surface area contributed by atoms with Crippen molar-refractivity contribution in [2.45, 2.75) is 6.42 Å². The summed E-state index contributed by atoms with van der Waals surface area (Å²) in [7, 11) is 1.98. The molecule has 2 aromatic rings. The van der Waals surface area contributed by atoms with E-state index < -0.39 is 0 Å². The Kier molecular flexibility index (Phi) is 3.99.